The van der Waals surface area contributed by atoms with Crippen LogP contribution in [-0.4, -0.2) is 91.3 Å². The Kier molecular flexibility index (Phi) is 9.29. The van der Waals surface area contributed by atoms with Crippen LogP contribution in [0.5, 0.6) is 0 Å². The molecular weight excluding hydrogens is 303 g/mol. The fourth-order valence-corrected chi connectivity index (χ4v) is 2.75. The van der Waals surface area contributed by atoms with E-state index in [1.165, 1.54) is 0 Å². The summed E-state index contributed by atoms with van der Waals surface area (Å²) >= 11 is 0. The number of carbonyl (C=O) groups is 2. The predicted molar refractivity (Wildman–Crippen MR) is 69.8 cm³/mol. The quantitative estimate of drug-likeness (QED) is 0.324. The van der Waals surface area contributed by atoms with E-state index in [0.29, 0.717) is 0 Å². The third-order valence-electron chi connectivity index (χ3n) is 2.53. The second kappa shape index (κ2) is 8.30. The molecule has 2 atom stereocenters. The number of hydrogen-bond donors (Lipinski definition) is 3. The number of aliphatic carboxylic acids is 2. The van der Waals surface area contributed by atoms with Gasteiger partial charge < -0.3 is 10.2 Å². The number of carboxylic acids is 2. The van der Waals surface area contributed by atoms with Gasteiger partial charge in [0.15, 0.2) is 0 Å². The number of hydrogen-bond acceptors (Lipinski definition) is 4. The molecule has 0 aromatic heterocycles. The van der Waals surface area contributed by atoms with Crippen LogP contribution in [0.2, 0.25) is 0 Å². The molecule has 0 rings (SSSR count). The Hall–Kier alpha value is -0.0336. The van der Waals surface area contributed by atoms with Gasteiger partial charge in [0.1, 0.15) is 0 Å². The maximum absolute atomic E-state index is 11.3. The summed E-state index contributed by atoms with van der Waals surface area (Å²) in [6.07, 6.45) is 0.854. The molecule has 0 aromatic carbocycles. The summed E-state index contributed by atoms with van der Waals surface area (Å²) in [5.74, 6) is -5.46. The van der Waals surface area contributed by atoms with Gasteiger partial charge in [0.25, 0.3) is 10.1 Å². The van der Waals surface area contributed by atoms with Crippen LogP contribution >= 0.6 is 0 Å². The van der Waals surface area contributed by atoms with Crippen LogP contribution in [0.25, 0.3) is 0 Å². The zero-order valence-corrected chi connectivity index (χ0v) is 10.3. The summed E-state index contributed by atoms with van der Waals surface area (Å²) < 4.78 is 28.9. The van der Waals surface area contributed by atoms with E-state index in [1.54, 1.807) is 0 Å². The molecule has 0 aliphatic heterocycles. The third kappa shape index (κ3) is 4.48. The van der Waals surface area contributed by atoms with Crippen LogP contribution in [-0.2, 0) is 19.7 Å². The van der Waals surface area contributed by atoms with Crippen molar-refractivity contribution >= 4 is 73.4 Å². The van der Waals surface area contributed by atoms with Gasteiger partial charge in [-0.3, -0.25) is 14.1 Å². The molecule has 2 unspecified atom stereocenters. The molecule has 0 fully saturated rings. The van der Waals surface area contributed by atoms with E-state index in [2.05, 4.69) is 13.2 Å². The molecule has 3 N–H and O–H groups in total. The average molecular weight is 318 g/mol. The second-order valence-corrected chi connectivity index (χ2v) is 5.26. The minimum absolute atomic E-state index is 0. The Bertz CT molecular complexity index is 470. The normalized spacial score (nSPS) is 15.4. The van der Waals surface area contributed by atoms with Crippen LogP contribution in [0.1, 0.15) is 12.8 Å². The van der Waals surface area contributed by atoms with Gasteiger partial charge in [0.05, 0.1) is 5.92 Å². The van der Waals surface area contributed by atoms with Gasteiger partial charge in [-0.25, -0.2) is 0 Å². The molecule has 0 saturated carbocycles. The molecule has 0 aromatic rings. The van der Waals surface area contributed by atoms with Crippen LogP contribution < -0.4 is 0 Å². The molecule has 9 heteroatoms. The molecule has 0 amide bonds. The van der Waals surface area contributed by atoms with Gasteiger partial charge >= 0.3 is 63.3 Å². The Labute approximate surface area is 153 Å². The number of carboxylic acid groups (broad SMARTS) is 2. The number of allylic oxidation sites excluding steroid dienone is 2. The fourth-order valence-electron chi connectivity index (χ4n) is 1.65. The zero-order valence-electron chi connectivity index (χ0n) is 9.44. The van der Waals surface area contributed by atoms with Crippen molar-refractivity contribution < 1.29 is 32.8 Å². The maximum atomic E-state index is 11.3. The van der Waals surface area contributed by atoms with E-state index in [1.807, 2.05) is 0 Å². The molecule has 0 radical (unpaired) electrons. The monoisotopic (exact) mass is 318 g/mol. The Morgan fingerprint density at radius 2 is 1.68 bits per heavy atom. The van der Waals surface area contributed by atoms with Crippen LogP contribution in [0, 0.1) is 5.92 Å². The summed E-state index contributed by atoms with van der Waals surface area (Å²) in [5.41, 5.74) is 0. The van der Waals surface area contributed by atoms with Crippen LogP contribution in [0.3, 0.4) is 0 Å². The molecule has 19 heavy (non-hydrogen) atoms. The molecule has 104 valence electrons. The van der Waals surface area contributed by atoms with Gasteiger partial charge in [-0.1, -0.05) is 12.2 Å². The van der Waals surface area contributed by atoms with Crippen molar-refractivity contribution in [2.75, 3.05) is 0 Å². The van der Waals surface area contributed by atoms with Crippen molar-refractivity contribution in [1.82, 2.24) is 0 Å². The summed E-state index contributed by atoms with van der Waals surface area (Å²) in [6.45, 7) is 6.42. The molecule has 0 aliphatic carbocycles. The van der Waals surface area contributed by atoms with Crippen LogP contribution in [0.15, 0.2) is 25.3 Å². The SMILES string of the molecule is C=CCC(C(=O)O)C(CC=C)(C(=O)O)S(=O)(=O)O.[KH]. The van der Waals surface area contributed by atoms with E-state index in [0.717, 1.165) is 12.2 Å². The van der Waals surface area contributed by atoms with Gasteiger partial charge in [-0.15, -0.1) is 13.2 Å². The minimum atomic E-state index is -5.15. The molecule has 0 spiro atoms. The van der Waals surface area contributed by atoms with E-state index < -0.39 is 45.6 Å². The molecular formula is C10H15KO7S. The van der Waals surface area contributed by atoms with E-state index >= 15 is 0 Å². The van der Waals surface area contributed by atoms with E-state index in [-0.39, 0.29) is 51.4 Å². The Morgan fingerprint density at radius 1 is 1.21 bits per heavy atom. The first-order chi connectivity index (χ1) is 8.15. The van der Waals surface area contributed by atoms with Crippen molar-refractivity contribution in [3.05, 3.63) is 25.3 Å². The van der Waals surface area contributed by atoms with Crippen molar-refractivity contribution in [3.63, 3.8) is 0 Å². The average Bonchev–Trinajstić information content (AvgIpc) is 2.20. The summed E-state index contributed by atoms with van der Waals surface area (Å²) in [6, 6.07) is 0. The summed E-state index contributed by atoms with van der Waals surface area (Å²) in [4.78, 5) is 22.2. The van der Waals surface area contributed by atoms with Gasteiger partial charge in [0.2, 0.25) is 4.75 Å². The molecule has 0 saturated heterocycles. The first-order valence-corrected chi connectivity index (χ1v) is 6.24. The van der Waals surface area contributed by atoms with Gasteiger partial charge in [0, 0.05) is 0 Å². The van der Waals surface area contributed by atoms with E-state index in [4.69, 9.17) is 14.8 Å². The van der Waals surface area contributed by atoms with Gasteiger partial charge in [-0.05, 0) is 12.8 Å². The fraction of sp³-hybridized carbons (Fsp3) is 0.400. The molecule has 0 aliphatic rings. The van der Waals surface area contributed by atoms with E-state index in [9.17, 15) is 18.0 Å². The van der Waals surface area contributed by atoms with Crippen molar-refractivity contribution in [2.24, 2.45) is 5.92 Å². The zero-order chi connectivity index (χ0) is 14.6. The summed E-state index contributed by atoms with van der Waals surface area (Å²) in [5, 5.41) is 18.0. The van der Waals surface area contributed by atoms with Crippen molar-refractivity contribution in [1.29, 1.82) is 0 Å². The number of rotatable bonds is 8. The standard InChI is InChI=1S/C10H14O7S.K.H/c1-3-5-7(8(11)12)10(6-4-2,9(13)14)18(15,16)17;;/h3-4,7H,1-2,5-6H2,(H,11,12)(H,13,14)(H,15,16,17);;. The summed E-state index contributed by atoms with van der Waals surface area (Å²) in [7, 11) is -5.15. The Morgan fingerprint density at radius 3 is 1.89 bits per heavy atom. The molecule has 7 nitrogen and oxygen atoms in total. The van der Waals surface area contributed by atoms with Crippen LogP contribution in [0.4, 0.5) is 0 Å². The topological polar surface area (TPSA) is 129 Å². The first kappa shape index (κ1) is 21.3. The third-order valence-corrected chi connectivity index (χ3v) is 4.08. The Balaban J connectivity index is 0. The van der Waals surface area contributed by atoms with Gasteiger partial charge in [-0.2, -0.15) is 8.42 Å². The molecule has 0 bridgehead atoms. The van der Waals surface area contributed by atoms with Crippen molar-refractivity contribution in [3.8, 4) is 0 Å². The second-order valence-electron chi connectivity index (χ2n) is 3.58. The predicted octanol–water partition coefficient (Wildman–Crippen LogP) is -0.0979. The first-order valence-electron chi connectivity index (χ1n) is 4.80. The van der Waals surface area contributed by atoms with Crippen molar-refractivity contribution in [2.45, 2.75) is 17.6 Å². The molecule has 0 heterocycles.